The number of ether oxygens (including phenoxy) is 1. The second-order valence-electron chi connectivity index (χ2n) is 5.43. The zero-order valence-electron chi connectivity index (χ0n) is 12.3. The van der Waals surface area contributed by atoms with Gasteiger partial charge >= 0.3 is 5.97 Å². The van der Waals surface area contributed by atoms with Gasteiger partial charge in [0.1, 0.15) is 0 Å². The van der Waals surface area contributed by atoms with Crippen molar-refractivity contribution in [2.24, 2.45) is 0 Å². The molecule has 0 amide bonds. The van der Waals surface area contributed by atoms with Crippen LogP contribution in [0.5, 0.6) is 0 Å². The summed E-state index contributed by atoms with van der Waals surface area (Å²) in [7, 11) is 0. The smallest absolute Gasteiger partial charge is 0.320 e. The van der Waals surface area contributed by atoms with E-state index in [1.807, 2.05) is 19.2 Å². The fraction of sp³-hybridized carbons (Fsp3) is 0.412. The molecule has 1 aliphatic carbocycles. The van der Waals surface area contributed by atoms with Crippen molar-refractivity contribution in [3.05, 3.63) is 42.1 Å². The predicted molar refractivity (Wildman–Crippen MR) is 81.8 cm³/mol. The Bertz CT molecular complexity index is 632. The Morgan fingerprint density at radius 1 is 1.33 bits per heavy atom. The molecular weight excluding hydrogens is 264 g/mol. The maximum atomic E-state index is 11.8. The molecule has 0 aliphatic heterocycles. The molecule has 0 radical (unpaired) electrons. The van der Waals surface area contributed by atoms with Crippen LogP contribution >= 0.6 is 0 Å². The molecule has 1 aromatic carbocycles. The van der Waals surface area contributed by atoms with Gasteiger partial charge in [0.25, 0.3) is 0 Å². The van der Waals surface area contributed by atoms with Gasteiger partial charge in [-0.2, -0.15) is 0 Å². The first-order chi connectivity index (χ1) is 10.3. The number of hydrogen-bond acceptors (Lipinski definition) is 4. The Balaban J connectivity index is 1.79. The molecule has 1 aliphatic rings. The average Bonchev–Trinajstić information content (AvgIpc) is 3.32. The maximum absolute atomic E-state index is 11.8. The molecule has 1 aromatic heterocycles. The van der Waals surface area contributed by atoms with Crippen LogP contribution in [-0.2, 0) is 16.1 Å². The Kier molecular flexibility index (Phi) is 4.15. The molecule has 1 heterocycles. The van der Waals surface area contributed by atoms with Crippen LogP contribution in [0, 0.1) is 0 Å². The lowest BCUT2D eigenvalue weighted by Gasteiger charge is -2.21. The van der Waals surface area contributed by atoms with Crippen molar-refractivity contribution in [3.63, 3.8) is 0 Å². The number of pyridine rings is 1. The molecule has 0 bridgehead atoms. The molecular formula is C17H20N2O2. The van der Waals surface area contributed by atoms with Crippen molar-refractivity contribution in [2.75, 3.05) is 13.2 Å². The van der Waals surface area contributed by atoms with E-state index >= 15 is 0 Å². The molecule has 1 fully saturated rings. The molecule has 110 valence electrons. The van der Waals surface area contributed by atoms with Crippen LogP contribution < -0.4 is 0 Å². The number of aromatic nitrogens is 1. The van der Waals surface area contributed by atoms with Crippen LogP contribution in [0.25, 0.3) is 10.9 Å². The SMILES string of the molecule is CCOC(=O)CN(Cc1cccc2cccnc12)C1CC1. The van der Waals surface area contributed by atoms with Gasteiger partial charge in [-0.1, -0.05) is 24.3 Å². The van der Waals surface area contributed by atoms with E-state index in [0.717, 1.165) is 30.3 Å². The standard InChI is InChI=1S/C17H20N2O2/c1-2-21-16(20)12-19(15-8-9-15)11-14-6-3-5-13-7-4-10-18-17(13)14/h3-7,10,15H,2,8-9,11-12H2,1H3. The first-order valence-corrected chi connectivity index (χ1v) is 7.50. The molecule has 3 rings (SSSR count). The minimum absolute atomic E-state index is 0.141. The fourth-order valence-electron chi connectivity index (χ4n) is 2.64. The van der Waals surface area contributed by atoms with Crippen LogP contribution in [0.15, 0.2) is 36.5 Å². The molecule has 4 nitrogen and oxygen atoms in total. The van der Waals surface area contributed by atoms with E-state index in [9.17, 15) is 4.79 Å². The minimum Gasteiger partial charge on any atom is -0.465 e. The van der Waals surface area contributed by atoms with Gasteiger partial charge in [0, 0.05) is 24.2 Å². The number of para-hydroxylation sites is 1. The van der Waals surface area contributed by atoms with E-state index in [4.69, 9.17) is 4.74 Å². The quantitative estimate of drug-likeness (QED) is 0.765. The van der Waals surface area contributed by atoms with Crippen molar-refractivity contribution >= 4 is 16.9 Å². The maximum Gasteiger partial charge on any atom is 0.320 e. The van der Waals surface area contributed by atoms with Crippen LogP contribution in [0.1, 0.15) is 25.3 Å². The van der Waals surface area contributed by atoms with Gasteiger partial charge in [-0.3, -0.25) is 14.7 Å². The number of hydrogen-bond donors (Lipinski definition) is 0. The molecule has 0 spiro atoms. The lowest BCUT2D eigenvalue weighted by atomic mass is 10.1. The Hall–Kier alpha value is -1.94. The van der Waals surface area contributed by atoms with Gasteiger partial charge in [-0.25, -0.2) is 0 Å². The first-order valence-electron chi connectivity index (χ1n) is 7.50. The number of benzene rings is 1. The van der Waals surface area contributed by atoms with E-state index in [0.29, 0.717) is 19.2 Å². The Morgan fingerprint density at radius 2 is 2.14 bits per heavy atom. The van der Waals surface area contributed by atoms with E-state index in [-0.39, 0.29) is 5.97 Å². The van der Waals surface area contributed by atoms with Gasteiger partial charge in [-0.05, 0) is 31.4 Å². The number of esters is 1. The summed E-state index contributed by atoms with van der Waals surface area (Å²) >= 11 is 0. The number of carbonyl (C=O) groups is 1. The van der Waals surface area contributed by atoms with Gasteiger partial charge in [0.2, 0.25) is 0 Å². The molecule has 4 heteroatoms. The summed E-state index contributed by atoms with van der Waals surface area (Å²) in [6.45, 7) is 3.39. The van der Waals surface area contributed by atoms with Crippen LogP contribution in [0.3, 0.4) is 0 Å². The molecule has 21 heavy (non-hydrogen) atoms. The molecule has 0 N–H and O–H groups in total. The van der Waals surface area contributed by atoms with Gasteiger partial charge in [0.15, 0.2) is 0 Å². The minimum atomic E-state index is -0.141. The third-order valence-corrected chi connectivity index (χ3v) is 3.79. The summed E-state index contributed by atoms with van der Waals surface area (Å²) in [6.07, 6.45) is 4.15. The molecule has 0 atom stereocenters. The summed E-state index contributed by atoms with van der Waals surface area (Å²) in [4.78, 5) is 18.5. The van der Waals surface area contributed by atoms with E-state index in [2.05, 4.69) is 34.1 Å². The van der Waals surface area contributed by atoms with E-state index in [1.165, 1.54) is 5.56 Å². The number of rotatable bonds is 6. The van der Waals surface area contributed by atoms with Crippen molar-refractivity contribution in [3.8, 4) is 0 Å². The van der Waals surface area contributed by atoms with E-state index < -0.39 is 0 Å². The lowest BCUT2D eigenvalue weighted by molar-refractivity contribution is -0.144. The molecule has 2 aromatic rings. The normalized spacial score (nSPS) is 14.6. The van der Waals surface area contributed by atoms with Crippen molar-refractivity contribution in [1.82, 2.24) is 9.88 Å². The number of carbonyl (C=O) groups excluding carboxylic acids is 1. The zero-order valence-corrected chi connectivity index (χ0v) is 12.3. The lowest BCUT2D eigenvalue weighted by Crippen LogP contribution is -2.32. The van der Waals surface area contributed by atoms with Crippen LogP contribution in [0.2, 0.25) is 0 Å². The highest BCUT2D eigenvalue weighted by molar-refractivity contribution is 5.81. The third kappa shape index (κ3) is 3.39. The highest BCUT2D eigenvalue weighted by atomic mass is 16.5. The highest BCUT2D eigenvalue weighted by Crippen LogP contribution is 2.29. The molecule has 0 saturated heterocycles. The number of fused-ring (bicyclic) bond motifs is 1. The summed E-state index contributed by atoms with van der Waals surface area (Å²) in [5.74, 6) is -0.141. The topological polar surface area (TPSA) is 42.4 Å². The third-order valence-electron chi connectivity index (χ3n) is 3.79. The second kappa shape index (κ2) is 6.22. The average molecular weight is 284 g/mol. The highest BCUT2D eigenvalue weighted by Gasteiger charge is 2.31. The van der Waals surface area contributed by atoms with Crippen molar-refractivity contribution < 1.29 is 9.53 Å². The summed E-state index contributed by atoms with van der Waals surface area (Å²) in [6, 6.07) is 10.7. The van der Waals surface area contributed by atoms with Crippen molar-refractivity contribution in [2.45, 2.75) is 32.4 Å². The second-order valence-corrected chi connectivity index (χ2v) is 5.43. The molecule has 1 saturated carbocycles. The van der Waals surface area contributed by atoms with Crippen LogP contribution in [-0.4, -0.2) is 35.0 Å². The molecule has 0 unspecified atom stereocenters. The monoisotopic (exact) mass is 284 g/mol. The van der Waals surface area contributed by atoms with Crippen molar-refractivity contribution in [1.29, 1.82) is 0 Å². The van der Waals surface area contributed by atoms with E-state index in [1.54, 1.807) is 0 Å². The van der Waals surface area contributed by atoms with Gasteiger partial charge in [-0.15, -0.1) is 0 Å². The Labute approximate surface area is 124 Å². The summed E-state index contributed by atoms with van der Waals surface area (Å²) < 4.78 is 5.08. The Morgan fingerprint density at radius 3 is 2.90 bits per heavy atom. The summed E-state index contributed by atoms with van der Waals surface area (Å²) in [5, 5.41) is 1.14. The van der Waals surface area contributed by atoms with Gasteiger partial charge < -0.3 is 4.74 Å². The summed E-state index contributed by atoms with van der Waals surface area (Å²) in [5.41, 5.74) is 2.19. The number of nitrogens with zero attached hydrogens (tertiary/aromatic N) is 2. The fourth-order valence-corrected chi connectivity index (χ4v) is 2.64. The largest absolute Gasteiger partial charge is 0.465 e. The van der Waals surface area contributed by atoms with Crippen LogP contribution in [0.4, 0.5) is 0 Å². The zero-order chi connectivity index (χ0) is 14.7. The predicted octanol–water partition coefficient (Wildman–Crippen LogP) is 2.76. The first kappa shape index (κ1) is 14.0. The van der Waals surface area contributed by atoms with Gasteiger partial charge in [0.05, 0.1) is 18.7 Å².